The van der Waals surface area contributed by atoms with E-state index in [9.17, 15) is 14.9 Å². The van der Waals surface area contributed by atoms with Crippen molar-refractivity contribution in [2.45, 2.75) is 19.4 Å². The second kappa shape index (κ2) is 5.95. The van der Waals surface area contributed by atoms with Gasteiger partial charge in [-0.15, -0.1) is 0 Å². The molecule has 0 aliphatic heterocycles. The highest BCUT2D eigenvalue weighted by molar-refractivity contribution is 5.71. The molecule has 0 amide bonds. The Hall–Kier alpha value is -1.95. The monoisotopic (exact) mass is 239 g/mol. The average Bonchev–Trinajstić information content (AvgIpc) is 2.29. The molecule has 0 saturated heterocycles. The lowest BCUT2D eigenvalue weighted by Gasteiger charge is -2.07. The zero-order chi connectivity index (χ0) is 12.8. The summed E-state index contributed by atoms with van der Waals surface area (Å²) >= 11 is 0. The maximum atomic E-state index is 10.5. The van der Waals surface area contributed by atoms with Crippen LogP contribution < -0.4 is 0 Å². The first-order valence-corrected chi connectivity index (χ1v) is 5.08. The number of hydrogen-bond acceptors (Lipinski definition) is 4. The number of ether oxygens (including phenoxy) is 1. The van der Waals surface area contributed by atoms with Crippen LogP contribution in [0.4, 0.5) is 5.69 Å². The first-order valence-electron chi connectivity index (χ1n) is 5.08. The molecule has 0 aromatic heterocycles. The van der Waals surface area contributed by atoms with E-state index < -0.39 is 17.0 Å². The maximum absolute atomic E-state index is 10.5. The van der Waals surface area contributed by atoms with E-state index in [4.69, 9.17) is 9.84 Å². The Morgan fingerprint density at radius 2 is 2.06 bits per heavy atom. The molecule has 0 spiro atoms. The highest BCUT2D eigenvalue weighted by Crippen LogP contribution is 2.12. The molecule has 1 rings (SSSR count). The number of nitro groups is 1. The molecular formula is C11H13NO5. The molecule has 0 aliphatic carbocycles. The summed E-state index contributed by atoms with van der Waals surface area (Å²) in [6, 6.07) is 6.09. The second-order valence-corrected chi connectivity index (χ2v) is 3.52. The lowest BCUT2D eigenvalue weighted by atomic mass is 10.1. The Bertz CT molecular complexity index is 401. The Morgan fingerprint density at radius 3 is 2.53 bits per heavy atom. The fourth-order valence-electron chi connectivity index (χ4n) is 1.21. The van der Waals surface area contributed by atoms with Gasteiger partial charge in [0.1, 0.15) is 0 Å². The Labute approximate surface area is 98.0 Å². The van der Waals surface area contributed by atoms with Crippen LogP contribution in [0, 0.1) is 10.1 Å². The van der Waals surface area contributed by atoms with E-state index >= 15 is 0 Å². The normalized spacial score (nSPS) is 12.1. The van der Waals surface area contributed by atoms with Crippen molar-refractivity contribution in [2.75, 3.05) is 6.61 Å². The van der Waals surface area contributed by atoms with Gasteiger partial charge in [0.05, 0.1) is 11.5 Å². The van der Waals surface area contributed by atoms with Gasteiger partial charge in [-0.1, -0.05) is 12.1 Å². The van der Waals surface area contributed by atoms with Crippen molar-refractivity contribution >= 4 is 11.7 Å². The minimum absolute atomic E-state index is 0.0357. The van der Waals surface area contributed by atoms with Crippen LogP contribution in [-0.4, -0.2) is 28.7 Å². The third-order valence-corrected chi connectivity index (χ3v) is 2.25. The van der Waals surface area contributed by atoms with Gasteiger partial charge in [0, 0.05) is 12.1 Å². The number of benzene rings is 1. The van der Waals surface area contributed by atoms with Crippen molar-refractivity contribution in [1.29, 1.82) is 0 Å². The first-order chi connectivity index (χ1) is 8.00. The van der Waals surface area contributed by atoms with Gasteiger partial charge in [-0.3, -0.25) is 10.1 Å². The number of hydrogen-bond donors (Lipinski definition) is 1. The van der Waals surface area contributed by atoms with Crippen LogP contribution in [0.3, 0.4) is 0 Å². The molecular weight excluding hydrogens is 226 g/mol. The van der Waals surface area contributed by atoms with E-state index in [1.807, 2.05) is 0 Å². The number of rotatable bonds is 6. The van der Waals surface area contributed by atoms with Gasteiger partial charge in [-0.2, -0.15) is 0 Å². The smallest absolute Gasteiger partial charge is 0.332 e. The van der Waals surface area contributed by atoms with Crippen molar-refractivity contribution in [3.63, 3.8) is 0 Å². The highest BCUT2D eigenvalue weighted by Gasteiger charge is 2.10. The Morgan fingerprint density at radius 1 is 1.47 bits per heavy atom. The zero-order valence-corrected chi connectivity index (χ0v) is 9.33. The molecule has 1 aromatic carbocycles. The van der Waals surface area contributed by atoms with Crippen molar-refractivity contribution in [3.8, 4) is 0 Å². The summed E-state index contributed by atoms with van der Waals surface area (Å²) in [5, 5.41) is 19.0. The molecule has 1 N–H and O–H groups in total. The van der Waals surface area contributed by atoms with Crippen LogP contribution in [0.25, 0.3) is 0 Å². The number of non-ortho nitro benzene ring substituents is 1. The third-order valence-electron chi connectivity index (χ3n) is 2.25. The summed E-state index contributed by atoms with van der Waals surface area (Å²) in [4.78, 5) is 20.4. The minimum Gasteiger partial charge on any atom is -0.479 e. The topological polar surface area (TPSA) is 89.7 Å². The minimum atomic E-state index is -1.01. The van der Waals surface area contributed by atoms with Crippen LogP contribution >= 0.6 is 0 Å². The molecule has 92 valence electrons. The zero-order valence-electron chi connectivity index (χ0n) is 9.33. The molecule has 0 fully saturated rings. The molecule has 0 saturated carbocycles. The van der Waals surface area contributed by atoms with E-state index in [0.717, 1.165) is 5.56 Å². The highest BCUT2D eigenvalue weighted by atomic mass is 16.6. The van der Waals surface area contributed by atoms with E-state index in [1.54, 1.807) is 12.1 Å². The summed E-state index contributed by atoms with van der Waals surface area (Å²) in [5.74, 6) is -1.01. The molecule has 0 radical (unpaired) electrons. The van der Waals surface area contributed by atoms with Gasteiger partial charge in [0.25, 0.3) is 5.69 Å². The molecule has 17 heavy (non-hydrogen) atoms. The van der Waals surface area contributed by atoms with Crippen LogP contribution in [0.1, 0.15) is 12.5 Å². The van der Waals surface area contributed by atoms with Gasteiger partial charge in [0.15, 0.2) is 6.10 Å². The van der Waals surface area contributed by atoms with E-state index in [1.165, 1.54) is 19.1 Å². The van der Waals surface area contributed by atoms with Gasteiger partial charge in [-0.05, 0) is 18.9 Å². The summed E-state index contributed by atoms with van der Waals surface area (Å²) < 4.78 is 5.05. The standard InChI is InChI=1S/C11H13NO5/c1-8(11(13)14)17-7-6-9-2-4-10(5-3-9)12(15)16/h2-5,8H,6-7H2,1H3,(H,13,14)/t8-/m1/s1. The van der Waals surface area contributed by atoms with Crippen LogP contribution in [0.15, 0.2) is 24.3 Å². The number of nitrogens with zero attached hydrogens (tertiary/aromatic N) is 1. The van der Waals surface area contributed by atoms with E-state index in [-0.39, 0.29) is 12.3 Å². The van der Waals surface area contributed by atoms with E-state index in [0.29, 0.717) is 6.42 Å². The van der Waals surface area contributed by atoms with Gasteiger partial charge in [0.2, 0.25) is 0 Å². The maximum Gasteiger partial charge on any atom is 0.332 e. The largest absolute Gasteiger partial charge is 0.479 e. The molecule has 1 aromatic rings. The third kappa shape index (κ3) is 4.20. The van der Waals surface area contributed by atoms with E-state index in [2.05, 4.69) is 0 Å². The Balaban J connectivity index is 2.42. The molecule has 6 heteroatoms. The summed E-state index contributed by atoms with van der Waals surface area (Å²) in [6.07, 6.45) is -0.316. The summed E-state index contributed by atoms with van der Waals surface area (Å²) in [6.45, 7) is 1.73. The molecule has 0 heterocycles. The van der Waals surface area contributed by atoms with Crippen molar-refractivity contribution in [1.82, 2.24) is 0 Å². The average molecular weight is 239 g/mol. The van der Waals surface area contributed by atoms with Crippen molar-refractivity contribution < 1.29 is 19.6 Å². The van der Waals surface area contributed by atoms with Crippen molar-refractivity contribution in [2.24, 2.45) is 0 Å². The summed E-state index contributed by atoms with van der Waals surface area (Å²) in [7, 11) is 0. The fourth-order valence-corrected chi connectivity index (χ4v) is 1.21. The number of nitro benzene ring substituents is 1. The predicted octanol–water partition coefficient (Wildman–Crippen LogP) is 1.63. The second-order valence-electron chi connectivity index (χ2n) is 3.52. The SMILES string of the molecule is C[C@@H](OCCc1ccc([N+](=O)[O-])cc1)C(=O)O. The fraction of sp³-hybridized carbons (Fsp3) is 0.364. The number of carbonyl (C=O) groups is 1. The van der Waals surface area contributed by atoms with Crippen molar-refractivity contribution in [3.05, 3.63) is 39.9 Å². The number of carboxylic acids is 1. The lowest BCUT2D eigenvalue weighted by molar-refractivity contribution is -0.384. The molecule has 0 bridgehead atoms. The number of aliphatic carboxylic acids is 1. The van der Waals surface area contributed by atoms with Crippen LogP contribution in [-0.2, 0) is 16.0 Å². The molecule has 1 atom stereocenters. The number of carboxylic acid groups (broad SMARTS) is 1. The molecule has 0 unspecified atom stereocenters. The van der Waals surface area contributed by atoms with Gasteiger partial charge >= 0.3 is 5.97 Å². The summed E-state index contributed by atoms with van der Waals surface area (Å²) in [5.41, 5.74) is 0.904. The first kappa shape index (κ1) is 13.1. The van der Waals surface area contributed by atoms with Gasteiger partial charge < -0.3 is 9.84 Å². The molecule has 6 nitrogen and oxygen atoms in total. The quantitative estimate of drug-likeness (QED) is 0.601. The lowest BCUT2D eigenvalue weighted by Crippen LogP contribution is -2.20. The Kier molecular flexibility index (Phi) is 4.59. The predicted molar refractivity (Wildman–Crippen MR) is 59.9 cm³/mol. The van der Waals surface area contributed by atoms with Crippen LogP contribution in [0.2, 0.25) is 0 Å². The van der Waals surface area contributed by atoms with Gasteiger partial charge in [-0.25, -0.2) is 4.79 Å². The van der Waals surface area contributed by atoms with Crippen LogP contribution in [0.5, 0.6) is 0 Å². The molecule has 0 aliphatic rings.